The number of morpholine rings is 1. The summed E-state index contributed by atoms with van der Waals surface area (Å²) in [7, 11) is 0. The second kappa shape index (κ2) is 5.96. The van der Waals surface area contributed by atoms with Crippen LogP contribution in [0.3, 0.4) is 0 Å². The number of aliphatic imine (C=N–C) groups is 1. The van der Waals surface area contributed by atoms with Crippen LogP contribution in [0, 0.1) is 0 Å². The molecule has 1 fully saturated rings. The van der Waals surface area contributed by atoms with Crippen molar-refractivity contribution in [2.45, 2.75) is 25.7 Å². The van der Waals surface area contributed by atoms with Gasteiger partial charge in [-0.3, -0.25) is 0 Å². The first-order valence-electron chi connectivity index (χ1n) is 6.04. The van der Waals surface area contributed by atoms with Gasteiger partial charge in [0.15, 0.2) is 11.7 Å². The van der Waals surface area contributed by atoms with Gasteiger partial charge in [-0.1, -0.05) is 0 Å². The summed E-state index contributed by atoms with van der Waals surface area (Å²) in [6, 6.07) is 0. The monoisotopic (exact) mass is 308 g/mol. The van der Waals surface area contributed by atoms with Crippen molar-refractivity contribution in [3.8, 4) is 0 Å². The van der Waals surface area contributed by atoms with Crippen LogP contribution >= 0.6 is 11.3 Å². The molecule has 1 saturated heterocycles. The van der Waals surface area contributed by atoms with E-state index >= 15 is 0 Å². The number of nitrogens with zero attached hydrogens (tertiary/aromatic N) is 3. The summed E-state index contributed by atoms with van der Waals surface area (Å²) in [5, 5.41) is 1.28. The van der Waals surface area contributed by atoms with Crippen molar-refractivity contribution in [2.24, 2.45) is 10.7 Å². The van der Waals surface area contributed by atoms with Gasteiger partial charge in [0.25, 0.3) is 0 Å². The fourth-order valence-electron chi connectivity index (χ4n) is 1.79. The SMILES string of the molecule is CC1CN(C(N)=NCc2nc(C(F)(F)F)cs2)CCO1. The lowest BCUT2D eigenvalue weighted by Gasteiger charge is -2.31. The quantitative estimate of drug-likeness (QED) is 0.667. The Hall–Kier alpha value is -1.35. The summed E-state index contributed by atoms with van der Waals surface area (Å²) in [5.41, 5.74) is 4.94. The molecule has 0 radical (unpaired) electrons. The van der Waals surface area contributed by atoms with Gasteiger partial charge in [-0.05, 0) is 6.92 Å². The fourth-order valence-corrected chi connectivity index (χ4v) is 2.51. The van der Waals surface area contributed by atoms with Crippen LogP contribution in [0.2, 0.25) is 0 Å². The molecule has 0 bridgehead atoms. The van der Waals surface area contributed by atoms with E-state index in [1.54, 1.807) is 0 Å². The van der Waals surface area contributed by atoms with Gasteiger partial charge in [-0.15, -0.1) is 11.3 Å². The maximum Gasteiger partial charge on any atom is 0.434 e. The minimum atomic E-state index is -4.41. The van der Waals surface area contributed by atoms with Gasteiger partial charge in [0, 0.05) is 18.5 Å². The number of thiazole rings is 1. The smallest absolute Gasteiger partial charge is 0.375 e. The Bertz CT molecular complexity index is 488. The lowest BCUT2D eigenvalue weighted by molar-refractivity contribution is -0.140. The highest BCUT2D eigenvalue weighted by atomic mass is 32.1. The van der Waals surface area contributed by atoms with Crippen LogP contribution in [0.5, 0.6) is 0 Å². The van der Waals surface area contributed by atoms with Crippen molar-refractivity contribution in [3.05, 3.63) is 16.1 Å². The zero-order valence-corrected chi connectivity index (χ0v) is 11.7. The number of alkyl halides is 3. The van der Waals surface area contributed by atoms with E-state index in [9.17, 15) is 13.2 Å². The van der Waals surface area contributed by atoms with E-state index in [0.717, 1.165) is 16.7 Å². The highest BCUT2D eigenvalue weighted by Crippen LogP contribution is 2.30. The van der Waals surface area contributed by atoms with Crippen molar-refractivity contribution in [1.29, 1.82) is 0 Å². The third kappa shape index (κ3) is 3.83. The highest BCUT2D eigenvalue weighted by molar-refractivity contribution is 7.09. The normalized spacial score (nSPS) is 21.3. The second-order valence-corrected chi connectivity index (χ2v) is 5.37. The van der Waals surface area contributed by atoms with Crippen molar-refractivity contribution in [2.75, 3.05) is 19.7 Å². The maximum absolute atomic E-state index is 12.4. The molecule has 0 aliphatic carbocycles. The fraction of sp³-hybridized carbons (Fsp3) is 0.636. The minimum absolute atomic E-state index is 0.0539. The van der Waals surface area contributed by atoms with Crippen molar-refractivity contribution < 1.29 is 17.9 Å². The molecule has 112 valence electrons. The number of hydrogen-bond donors (Lipinski definition) is 1. The second-order valence-electron chi connectivity index (χ2n) is 4.43. The molecule has 1 unspecified atom stereocenters. The van der Waals surface area contributed by atoms with Gasteiger partial charge in [-0.25, -0.2) is 9.98 Å². The van der Waals surface area contributed by atoms with E-state index in [-0.39, 0.29) is 12.6 Å². The Morgan fingerprint density at radius 2 is 2.40 bits per heavy atom. The molecule has 0 amide bonds. The van der Waals surface area contributed by atoms with Crippen LogP contribution in [-0.2, 0) is 17.5 Å². The summed E-state index contributed by atoms with van der Waals surface area (Å²) >= 11 is 0.929. The summed E-state index contributed by atoms with van der Waals surface area (Å²) in [6.45, 7) is 3.80. The molecular formula is C11H15F3N4OS. The summed E-state index contributed by atoms with van der Waals surface area (Å²) < 4.78 is 42.6. The Labute approximate surface area is 118 Å². The van der Waals surface area contributed by atoms with Crippen LogP contribution in [-0.4, -0.2) is 41.6 Å². The van der Waals surface area contributed by atoms with Crippen molar-refractivity contribution in [3.63, 3.8) is 0 Å². The third-order valence-corrected chi connectivity index (χ3v) is 3.62. The molecule has 2 heterocycles. The van der Waals surface area contributed by atoms with Gasteiger partial charge in [0.2, 0.25) is 0 Å². The number of aromatic nitrogens is 1. The topological polar surface area (TPSA) is 63.7 Å². The number of hydrogen-bond acceptors (Lipinski definition) is 4. The predicted octanol–water partition coefficient (Wildman–Crippen LogP) is 1.70. The molecule has 1 aromatic rings. The zero-order valence-electron chi connectivity index (χ0n) is 10.9. The van der Waals surface area contributed by atoms with Gasteiger partial charge in [-0.2, -0.15) is 13.2 Å². The van der Waals surface area contributed by atoms with E-state index < -0.39 is 11.9 Å². The summed E-state index contributed by atoms with van der Waals surface area (Å²) in [4.78, 5) is 9.45. The number of guanidine groups is 1. The molecule has 1 aromatic heterocycles. The van der Waals surface area contributed by atoms with Crippen LogP contribution in [0.1, 0.15) is 17.6 Å². The third-order valence-electron chi connectivity index (χ3n) is 2.78. The van der Waals surface area contributed by atoms with E-state index in [1.165, 1.54) is 0 Å². The van der Waals surface area contributed by atoms with Crippen LogP contribution < -0.4 is 5.73 Å². The Morgan fingerprint density at radius 3 is 3.00 bits per heavy atom. The number of nitrogens with two attached hydrogens (primary N) is 1. The molecule has 0 aromatic carbocycles. The molecule has 1 aliphatic heterocycles. The van der Waals surface area contributed by atoms with Gasteiger partial charge in [0.05, 0.1) is 19.3 Å². The van der Waals surface area contributed by atoms with Crippen molar-refractivity contribution >= 4 is 17.3 Å². The Kier molecular flexibility index (Phi) is 4.48. The number of rotatable bonds is 2. The lowest BCUT2D eigenvalue weighted by Crippen LogP contribution is -2.47. The predicted molar refractivity (Wildman–Crippen MR) is 69.4 cm³/mol. The van der Waals surface area contributed by atoms with Crippen LogP contribution in [0.15, 0.2) is 10.4 Å². The standard InChI is InChI=1S/C11H15F3N4OS/c1-7-5-18(2-3-19-7)10(15)16-4-9-17-8(6-20-9)11(12,13)14/h6-7H,2-5H2,1H3,(H2,15,16). The molecule has 0 saturated carbocycles. The molecule has 1 aliphatic rings. The molecule has 2 rings (SSSR count). The highest BCUT2D eigenvalue weighted by Gasteiger charge is 2.33. The largest absolute Gasteiger partial charge is 0.434 e. The summed E-state index contributed by atoms with van der Waals surface area (Å²) in [5.74, 6) is 0.309. The molecule has 1 atom stereocenters. The van der Waals surface area contributed by atoms with Crippen LogP contribution in [0.4, 0.5) is 13.2 Å². The van der Waals surface area contributed by atoms with E-state index in [1.807, 2.05) is 11.8 Å². The average molecular weight is 308 g/mol. The molecule has 0 spiro atoms. The molecule has 9 heteroatoms. The molecule has 2 N–H and O–H groups in total. The first-order chi connectivity index (χ1) is 9.36. The summed E-state index contributed by atoms with van der Waals surface area (Å²) in [6.07, 6.45) is -4.35. The van der Waals surface area contributed by atoms with Gasteiger partial charge < -0.3 is 15.4 Å². The van der Waals surface area contributed by atoms with E-state index in [4.69, 9.17) is 10.5 Å². The van der Waals surface area contributed by atoms with Gasteiger partial charge >= 0.3 is 6.18 Å². The first-order valence-corrected chi connectivity index (χ1v) is 6.92. The maximum atomic E-state index is 12.4. The lowest BCUT2D eigenvalue weighted by atomic mass is 10.3. The van der Waals surface area contributed by atoms with E-state index in [0.29, 0.717) is 30.7 Å². The number of halogens is 3. The Balaban J connectivity index is 1.96. The van der Waals surface area contributed by atoms with E-state index in [2.05, 4.69) is 9.98 Å². The number of ether oxygens (including phenoxy) is 1. The molecule has 20 heavy (non-hydrogen) atoms. The average Bonchev–Trinajstić information content (AvgIpc) is 2.84. The van der Waals surface area contributed by atoms with Gasteiger partial charge in [0.1, 0.15) is 5.01 Å². The Morgan fingerprint density at radius 1 is 1.65 bits per heavy atom. The minimum Gasteiger partial charge on any atom is -0.375 e. The molecule has 5 nitrogen and oxygen atoms in total. The van der Waals surface area contributed by atoms with Crippen molar-refractivity contribution in [1.82, 2.24) is 9.88 Å². The first kappa shape index (κ1) is 15.0. The zero-order chi connectivity index (χ0) is 14.8. The van der Waals surface area contributed by atoms with Crippen LogP contribution in [0.25, 0.3) is 0 Å². The molecular weight excluding hydrogens is 293 g/mol.